The summed E-state index contributed by atoms with van der Waals surface area (Å²) in [4.78, 5) is 8.92. The third-order valence-corrected chi connectivity index (χ3v) is 3.43. The van der Waals surface area contributed by atoms with Gasteiger partial charge in [0.1, 0.15) is 11.6 Å². The fourth-order valence-corrected chi connectivity index (χ4v) is 2.35. The van der Waals surface area contributed by atoms with Crippen molar-refractivity contribution in [2.45, 2.75) is 12.8 Å². The molecule has 0 spiro atoms. The minimum absolute atomic E-state index is 0.903. The Bertz CT molecular complexity index is 688. The van der Waals surface area contributed by atoms with Crippen LogP contribution in [0.5, 0.6) is 0 Å². The van der Waals surface area contributed by atoms with Gasteiger partial charge in [-0.1, -0.05) is 18.2 Å². The molecule has 0 unspecified atom stereocenters. The van der Waals surface area contributed by atoms with Gasteiger partial charge >= 0.3 is 0 Å². The third-order valence-electron chi connectivity index (χ3n) is 3.43. The first-order valence-corrected chi connectivity index (χ1v) is 6.90. The number of nitrogens with one attached hydrogen (secondary N) is 1. The lowest BCUT2D eigenvalue weighted by Crippen LogP contribution is -2.06. The predicted octanol–water partition coefficient (Wildman–Crippen LogP) is 3.01. The molecule has 0 aliphatic heterocycles. The van der Waals surface area contributed by atoms with E-state index < -0.39 is 0 Å². The fraction of sp³-hybridized carbons (Fsp3) is 0.250. The van der Waals surface area contributed by atoms with E-state index in [2.05, 4.69) is 45.1 Å². The van der Waals surface area contributed by atoms with Crippen molar-refractivity contribution >= 4 is 16.9 Å². The Balaban J connectivity index is 1.59. The maximum Gasteiger partial charge on any atom is 0.125 e. The third kappa shape index (κ3) is 2.64. The number of nitrogens with zero attached hydrogens (tertiary/aromatic N) is 3. The molecule has 0 radical (unpaired) electrons. The fourth-order valence-electron chi connectivity index (χ4n) is 2.35. The second-order valence-electron chi connectivity index (χ2n) is 4.82. The molecule has 2 aromatic heterocycles. The van der Waals surface area contributed by atoms with E-state index in [1.807, 2.05) is 24.3 Å². The highest BCUT2D eigenvalue weighted by Crippen LogP contribution is 2.15. The summed E-state index contributed by atoms with van der Waals surface area (Å²) in [5.41, 5.74) is 2.27. The number of benzene rings is 1. The highest BCUT2D eigenvalue weighted by atomic mass is 15.1. The van der Waals surface area contributed by atoms with E-state index in [-0.39, 0.29) is 0 Å². The van der Waals surface area contributed by atoms with Gasteiger partial charge in [-0.3, -0.25) is 0 Å². The number of fused-ring (bicyclic) bond motifs is 1. The molecule has 0 saturated heterocycles. The number of aryl methyl sites for hydroxylation is 2. The smallest absolute Gasteiger partial charge is 0.125 e. The maximum absolute atomic E-state index is 4.68. The highest BCUT2D eigenvalue weighted by molar-refractivity contribution is 5.75. The lowest BCUT2D eigenvalue weighted by molar-refractivity contribution is 0.752. The zero-order valence-corrected chi connectivity index (χ0v) is 11.6. The summed E-state index contributed by atoms with van der Waals surface area (Å²) in [5.74, 6) is 2.06. The van der Waals surface area contributed by atoms with Crippen molar-refractivity contribution in [3.63, 3.8) is 0 Å². The van der Waals surface area contributed by atoms with Crippen molar-refractivity contribution in [1.29, 1.82) is 0 Å². The highest BCUT2D eigenvalue weighted by Gasteiger charge is 2.06. The monoisotopic (exact) mass is 266 g/mol. The van der Waals surface area contributed by atoms with Crippen LogP contribution in [0.1, 0.15) is 12.2 Å². The number of para-hydroxylation sites is 2. The largest absolute Gasteiger partial charge is 0.370 e. The van der Waals surface area contributed by atoms with Crippen LogP contribution in [0.4, 0.5) is 5.82 Å². The molecule has 3 rings (SSSR count). The lowest BCUT2D eigenvalue weighted by Gasteiger charge is -2.05. The average Bonchev–Trinajstić information content (AvgIpc) is 2.82. The first-order valence-electron chi connectivity index (χ1n) is 6.90. The van der Waals surface area contributed by atoms with E-state index in [1.165, 1.54) is 5.52 Å². The van der Waals surface area contributed by atoms with Gasteiger partial charge in [0.25, 0.3) is 0 Å². The van der Waals surface area contributed by atoms with Crippen LogP contribution in [-0.2, 0) is 13.5 Å². The number of imidazole rings is 1. The zero-order valence-electron chi connectivity index (χ0n) is 11.6. The lowest BCUT2D eigenvalue weighted by atomic mass is 10.3. The van der Waals surface area contributed by atoms with Crippen molar-refractivity contribution in [3.8, 4) is 0 Å². The van der Waals surface area contributed by atoms with E-state index in [9.17, 15) is 0 Å². The molecule has 0 aliphatic rings. The van der Waals surface area contributed by atoms with Crippen LogP contribution in [0.15, 0.2) is 48.7 Å². The standard InChI is InChI=1S/C16H18N4/c1-20-14-8-3-2-7-13(14)19-16(20)10-6-12-18-15-9-4-5-11-17-15/h2-5,7-9,11H,6,10,12H2,1H3,(H,17,18). The van der Waals surface area contributed by atoms with Crippen LogP contribution >= 0.6 is 0 Å². The minimum Gasteiger partial charge on any atom is -0.370 e. The quantitative estimate of drug-likeness (QED) is 0.722. The average molecular weight is 266 g/mol. The number of aromatic nitrogens is 3. The van der Waals surface area contributed by atoms with Crippen molar-refractivity contribution in [2.75, 3.05) is 11.9 Å². The van der Waals surface area contributed by atoms with E-state index in [1.54, 1.807) is 6.20 Å². The second kappa shape index (κ2) is 5.74. The van der Waals surface area contributed by atoms with Crippen LogP contribution in [0.25, 0.3) is 11.0 Å². The Kier molecular flexibility index (Phi) is 3.63. The van der Waals surface area contributed by atoms with E-state index in [0.717, 1.165) is 36.5 Å². The molecule has 4 nitrogen and oxygen atoms in total. The van der Waals surface area contributed by atoms with Crippen LogP contribution < -0.4 is 5.32 Å². The Labute approximate surface area is 118 Å². The Morgan fingerprint density at radius 2 is 1.95 bits per heavy atom. The van der Waals surface area contributed by atoms with E-state index >= 15 is 0 Å². The molecule has 3 aromatic rings. The van der Waals surface area contributed by atoms with Crippen LogP contribution in [0.2, 0.25) is 0 Å². The van der Waals surface area contributed by atoms with Gasteiger partial charge in [0.15, 0.2) is 0 Å². The van der Waals surface area contributed by atoms with Gasteiger partial charge in [-0.15, -0.1) is 0 Å². The van der Waals surface area contributed by atoms with Gasteiger partial charge in [-0.2, -0.15) is 0 Å². The molecule has 1 N–H and O–H groups in total. The Hall–Kier alpha value is -2.36. The topological polar surface area (TPSA) is 42.7 Å². The van der Waals surface area contributed by atoms with Crippen LogP contribution in [-0.4, -0.2) is 21.1 Å². The van der Waals surface area contributed by atoms with E-state index in [0.29, 0.717) is 0 Å². The molecule has 20 heavy (non-hydrogen) atoms. The summed E-state index contributed by atoms with van der Waals surface area (Å²) in [6.07, 6.45) is 3.80. The summed E-state index contributed by atoms with van der Waals surface area (Å²) >= 11 is 0. The van der Waals surface area contributed by atoms with Gasteiger partial charge in [-0.25, -0.2) is 9.97 Å². The van der Waals surface area contributed by atoms with Crippen molar-refractivity contribution in [2.24, 2.45) is 7.05 Å². The van der Waals surface area contributed by atoms with Crippen molar-refractivity contribution < 1.29 is 0 Å². The molecule has 0 fully saturated rings. The molecular weight excluding hydrogens is 248 g/mol. The zero-order chi connectivity index (χ0) is 13.8. The van der Waals surface area contributed by atoms with Gasteiger partial charge in [-0.05, 0) is 30.7 Å². The molecule has 4 heteroatoms. The molecule has 0 saturated carbocycles. The molecule has 1 aromatic carbocycles. The van der Waals surface area contributed by atoms with Crippen LogP contribution in [0, 0.1) is 0 Å². The number of anilines is 1. The van der Waals surface area contributed by atoms with Crippen molar-refractivity contribution in [1.82, 2.24) is 14.5 Å². The maximum atomic E-state index is 4.68. The first kappa shape index (κ1) is 12.7. The van der Waals surface area contributed by atoms with Gasteiger partial charge < -0.3 is 9.88 Å². The minimum atomic E-state index is 0.903. The molecule has 0 atom stereocenters. The molecule has 0 bridgehead atoms. The molecule has 102 valence electrons. The summed E-state index contributed by atoms with van der Waals surface area (Å²) < 4.78 is 2.18. The Morgan fingerprint density at radius 1 is 1.10 bits per heavy atom. The van der Waals surface area contributed by atoms with Gasteiger partial charge in [0.2, 0.25) is 0 Å². The Morgan fingerprint density at radius 3 is 2.75 bits per heavy atom. The SMILES string of the molecule is Cn1c(CCCNc2ccccn2)nc2ccccc21. The second-order valence-corrected chi connectivity index (χ2v) is 4.82. The number of rotatable bonds is 5. The molecule has 0 amide bonds. The number of hydrogen-bond donors (Lipinski definition) is 1. The molecule has 0 aliphatic carbocycles. The normalized spacial score (nSPS) is 10.8. The van der Waals surface area contributed by atoms with Crippen molar-refractivity contribution in [3.05, 3.63) is 54.5 Å². The summed E-state index contributed by atoms with van der Waals surface area (Å²) in [7, 11) is 2.08. The molecule has 2 heterocycles. The van der Waals surface area contributed by atoms with Crippen LogP contribution in [0.3, 0.4) is 0 Å². The summed E-state index contributed by atoms with van der Waals surface area (Å²) in [6.45, 7) is 0.903. The van der Waals surface area contributed by atoms with Gasteiger partial charge in [0.05, 0.1) is 11.0 Å². The number of pyridine rings is 1. The van der Waals surface area contributed by atoms with E-state index in [4.69, 9.17) is 0 Å². The first-order chi connectivity index (χ1) is 9.84. The molecular formula is C16H18N4. The number of hydrogen-bond acceptors (Lipinski definition) is 3. The van der Waals surface area contributed by atoms with Gasteiger partial charge in [0, 0.05) is 26.2 Å². The summed E-state index contributed by atoms with van der Waals surface area (Å²) in [6, 6.07) is 14.1. The summed E-state index contributed by atoms with van der Waals surface area (Å²) in [5, 5.41) is 3.32. The predicted molar refractivity (Wildman–Crippen MR) is 81.8 cm³/mol.